The normalized spacial score (nSPS) is 10.6. The van der Waals surface area contributed by atoms with Crippen molar-refractivity contribution in [2.24, 2.45) is 0 Å². The number of anilines is 1. The highest BCUT2D eigenvalue weighted by molar-refractivity contribution is 6.31. The zero-order valence-electron chi connectivity index (χ0n) is 12.8. The van der Waals surface area contributed by atoms with Gasteiger partial charge in [-0.3, -0.25) is 19.6 Å². The minimum atomic E-state index is -1.05. The Morgan fingerprint density at radius 1 is 1.16 bits per heavy atom. The molecular formula is C15H13ClN6O3. The fourth-order valence-electron chi connectivity index (χ4n) is 2.10. The number of benzene rings is 1. The average molecular weight is 361 g/mol. The van der Waals surface area contributed by atoms with Crippen molar-refractivity contribution in [2.45, 2.75) is 13.1 Å². The predicted octanol–water partition coefficient (Wildman–Crippen LogP) is 1.51. The number of carboxylic acids is 1. The molecule has 0 aliphatic heterocycles. The number of amides is 1. The number of aromatic nitrogens is 5. The van der Waals surface area contributed by atoms with E-state index in [-0.39, 0.29) is 18.2 Å². The molecule has 1 aromatic carbocycles. The van der Waals surface area contributed by atoms with Gasteiger partial charge in [0.25, 0.3) is 5.91 Å². The number of nitrogens with zero attached hydrogens (tertiary/aromatic N) is 5. The number of carbonyl (C=O) groups excluding carboxylic acids is 1. The van der Waals surface area contributed by atoms with Gasteiger partial charge in [0.1, 0.15) is 12.9 Å². The molecule has 3 rings (SSSR count). The van der Waals surface area contributed by atoms with Gasteiger partial charge in [0, 0.05) is 11.2 Å². The summed E-state index contributed by atoms with van der Waals surface area (Å²) in [4.78, 5) is 26.7. The van der Waals surface area contributed by atoms with Crippen LogP contribution >= 0.6 is 11.6 Å². The monoisotopic (exact) mass is 360 g/mol. The summed E-state index contributed by atoms with van der Waals surface area (Å²) in [6.45, 7) is 0.0910. The molecule has 10 heteroatoms. The second kappa shape index (κ2) is 7.14. The van der Waals surface area contributed by atoms with E-state index in [2.05, 4.69) is 20.5 Å². The number of aliphatic carboxylic acids is 1. The number of carbonyl (C=O) groups is 2. The molecule has 0 radical (unpaired) electrons. The lowest BCUT2D eigenvalue weighted by Crippen LogP contribution is -2.16. The van der Waals surface area contributed by atoms with Gasteiger partial charge in [-0.15, -0.1) is 5.10 Å². The molecule has 0 atom stereocenters. The number of carboxylic acid groups (broad SMARTS) is 1. The van der Waals surface area contributed by atoms with Crippen LogP contribution in [-0.4, -0.2) is 41.5 Å². The van der Waals surface area contributed by atoms with Crippen LogP contribution in [0.15, 0.2) is 42.9 Å². The highest BCUT2D eigenvalue weighted by Crippen LogP contribution is 2.16. The molecule has 0 aliphatic carbocycles. The average Bonchev–Trinajstić information content (AvgIpc) is 3.19. The first kappa shape index (κ1) is 16.7. The SMILES string of the molecule is O=C(O)Cn1ccc(C(=O)Nc2ncn(Cc3ccccc3Cl)n2)n1. The van der Waals surface area contributed by atoms with Crippen LogP contribution in [0.3, 0.4) is 0 Å². The third-order valence-electron chi connectivity index (χ3n) is 3.22. The van der Waals surface area contributed by atoms with Gasteiger partial charge in [0.2, 0.25) is 5.95 Å². The highest BCUT2D eigenvalue weighted by Gasteiger charge is 2.13. The lowest BCUT2D eigenvalue weighted by molar-refractivity contribution is -0.137. The largest absolute Gasteiger partial charge is 0.480 e. The summed E-state index contributed by atoms with van der Waals surface area (Å²) in [6, 6.07) is 8.77. The summed E-state index contributed by atoms with van der Waals surface area (Å²) in [5.74, 6) is -1.46. The van der Waals surface area contributed by atoms with E-state index in [1.54, 1.807) is 10.7 Å². The molecule has 3 aromatic rings. The Labute approximate surface area is 146 Å². The molecule has 0 saturated heterocycles. The fourth-order valence-corrected chi connectivity index (χ4v) is 2.30. The number of hydrogen-bond acceptors (Lipinski definition) is 5. The van der Waals surface area contributed by atoms with Crippen molar-refractivity contribution in [3.63, 3.8) is 0 Å². The highest BCUT2D eigenvalue weighted by atomic mass is 35.5. The molecule has 2 heterocycles. The molecule has 1 amide bonds. The summed E-state index contributed by atoms with van der Waals surface area (Å²) in [5, 5.41) is 19.9. The van der Waals surface area contributed by atoms with Gasteiger partial charge in [-0.25, -0.2) is 9.67 Å². The van der Waals surface area contributed by atoms with Gasteiger partial charge in [-0.2, -0.15) is 5.10 Å². The van der Waals surface area contributed by atoms with Crippen molar-refractivity contribution >= 4 is 29.4 Å². The second-order valence-corrected chi connectivity index (χ2v) is 5.51. The molecule has 0 spiro atoms. The van der Waals surface area contributed by atoms with Crippen LogP contribution < -0.4 is 5.32 Å². The van der Waals surface area contributed by atoms with Crippen molar-refractivity contribution in [1.82, 2.24) is 24.5 Å². The zero-order valence-corrected chi connectivity index (χ0v) is 13.6. The Morgan fingerprint density at radius 2 is 1.96 bits per heavy atom. The van der Waals surface area contributed by atoms with Gasteiger partial charge in [0.15, 0.2) is 5.69 Å². The van der Waals surface area contributed by atoms with Crippen LogP contribution in [0.1, 0.15) is 16.1 Å². The topological polar surface area (TPSA) is 115 Å². The molecule has 0 fully saturated rings. The molecule has 0 saturated carbocycles. The van der Waals surface area contributed by atoms with E-state index in [1.165, 1.54) is 18.6 Å². The van der Waals surface area contributed by atoms with Gasteiger partial charge in [-0.1, -0.05) is 29.8 Å². The molecule has 25 heavy (non-hydrogen) atoms. The van der Waals surface area contributed by atoms with Crippen LogP contribution in [0.4, 0.5) is 5.95 Å². The van der Waals surface area contributed by atoms with E-state index in [4.69, 9.17) is 16.7 Å². The van der Waals surface area contributed by atoms with Gasteiger partial charge in [-0.05, 0) is 17.7 Å². The molecular weight excluding hydrogens is 348 g/mol. The number of hydrogen-bond donors (Lipinski definition) is 2. The summed E-state index contributed by atoms with van der Waals surface area (Å²) in [7, 11) is 0. The Morgan fingerprint density at radius 3 is 2.72 bits per heavy atom. The molecule has 0 unspecified atom stereocenters. The molecule has 2 N–H and O–H groups in total. The van der Waals surface area contributed by atoms with E-state index >= 15 is 0 Å². The summed E-state index contributed by atoms with van der Waals surface area (Å²) < 4.78 is 2.69. The molecule has 128 valence electrons. The first-order chi connectivity index (χ1) is 12.0. The van der Waals surface area contributed by atoms with Crippen LogP contribution in [0.5, 0.6) is 0 Å². The van der Waals surface area contributed by atoms with Crippen molar-refractivity contribution < 1.29 is 14.7 Å². The first-order valence-electron chi connectivity index (χ1n) is 7.21. The quantitative estimate of drug-likeness (QED) is 0.688. The van der Waals surface area contributed by atoms with E-state index in [1.807, 2.05) is 18.2 Å². The van der Waals surface area contributed by atoms with Gasteiger partial charge < -0.3 is 5.11 Å². The van der Waals surface area contributed by atoms with Crippen molar-refractivity contribution in [1.29, 1.82) is 0 Å². The molecule has 0 bridgehead atoms. The van der Waals surface area contributed by atoms with Gasteiger partial charge in [0.05, 0.1) is 6.54 Å². The van der Waals surface area contributed by atoms with Gasteiger partial charge >= 0.3 is 5.97 Å². The maximum absolute atomic E-state index is 12.1. The van der Waals surface area contributed by atoms with E-state index in [0.29, 0.717) is 11.6 Å². The Balaban J connectivity index is 1.65. The summed E-state index contributed by atoms with van der Waals surface area (Å²) >= 11 is 6.10. The number of halogens is 1. The summed E-state index contributed by atoms with van der Waals surface area (Å²) in [6.07, 6.45) is 2.88. The minimum Gasteiger partial charge on any atom is -0.480 e. The maximum atomic E-state index is 12.1. The zero-order chi connectivity index (χ0) is 17.8. The van der Waals surface area contributed by atoms with Crippen molar-refractivity contribution in [3.8, 4) is 0 Å². The molecule has 0 aliphatic rings. The Bertz CT molecular complexity index is 919. The lowest BCUT2D eigenvalue weighted by Gasteiger charge is -2.03. The predicted molar refractivity (Wildman–Crippen MR) is 88.4 cm³/mol. The standard InChI is InChI=1S/C15H13ClN6O3/c16-11-4-2-1-3-10(11)7-22-9-17-15(20-22)18-14(25)12-5-6-21(19-12)8-13(23)24/h1-6,9H,7-8H2,(H,23,24)(H,18,20,25). The first-order valence-corrected chi connectivity index (χ1v) is 7.58. The van der Waals surface area contributed by atoms with Crippen LogP contribution in [-0.2, 0) is 17.9 Å². The van der Waals surface area contributed by atoms with Crippen LogP contribution in [0.2, 0.25) is 5.02 Å². The second-order valence-electron chi connectivity index (χ2n) is 5.10. The molecule has 9 nitrogen and oxygen atoms in total. The maximum Gasteiger partial charge on any atom is 0.325 e. The summed E-state index contributed by atoms with van der Waals surface area (Å²) in [5.41, 5.74) is 0.947. The van der Waals surface area contributed by atoms with E-state index in [9.17, 15) is 9.59 Å². The minimum absolute atomic E-state index is 0.0729. The smallest absolute Gasteiger partial charge is 0.325 e. The Kier molecular flexibility index (Phi) is 4.75. The van der Waals surface area contributed by atoms with Crippen LogP contribution in [0.25, 0.3) is 0 Å². The number of nitrogens with one attached hydrogen (secondary N) is 1. The number of rotatable bonds is 6. The third kappa shape index (κ3) is 4.21. The van der Waals surface area contributed by atoms with E-state index < -0.39 is 11.9 Å². The van der Waals surface area contributed by atoms with Crippen LogP contribution in [0, 0.1) is 0 Å². The molecule has 2 aromatic heterocycles. The van der Waals surface area contributed by atoms with Crippen molar-refractivity contribution in [2.75, 3.05) is 5.32 Å². The fraction of sp³-hybridized carbons (Fsp3) is 0.133. The lowest BCUT2D eigenvalue weighted by atomic mass is 10.2. The Hall–Kier alpha value is -3.20. The van der Waals surface area contributed by atoms with E-state index in [0.717, 1.165) is 10.2 Å². The third-order valence-corrected chi connectivity index (χ3v) is 3.59. The van der Waals surface area contributed by atoms with Crippen molar-refractivity contribution in [3.05, 3.63) is 59.1 Å².